The Morgan fingerprint density at radius 3 is 1.16 bits per heavy atom. The number of benzene rings is 5. The summed E-state index contributed by atoms with van der Waals surface area (Å²) in [4.78, 5) is 9.86. The predicted octanol–water partition coefficient (Wildman–Crippen LogP) is 6.85. The van der Waals surface area contributed by atoms with Crippen LogP contribution in [0, 0.1) is 0 Å². The third-order valence-electron chi connectivity index (χ3n) is 5.91. The molecule has 186 valence electrons. The second kappa shape index (κ2) is 10.7. The van der Waals surface area contributed by atoms with Crippen molar-refractivity contribution in [3.8, 4) is 23.0 Å². The normalized spacial score (nSPS) is 11.9. The van der Waals surface area contributed by atoms with E-state index >= 15 is 0 Å². The summed E-state index contributed by atoms with van der Waals surface area (Å²) in [5, 5.41) is 40.9. The van der Waals surface area contributed by atoms with Crippen LogP contribution < -0.4 is 0 Å². The maximum absolute atomic E-state index is 10.6. The van der Waals surface area contributed by atoms with Crippen LogP contribution in [0.2, 0.25) is 0 Å². The molecule has 0 fully saturated rings. The topological polar surface area (TPSA) is 106 Å². The van der Waals surface area contributed by atoms with E-state index in [2.05, 4.69) is 0 Å². The molecule has 0 aliphatic carbocycles. The van der Waals surface area contributed by atoms with E-state index in [-0.39, 0.29) is 23.0 Å². The minimum atomic E-state index is -0.104. The Balaban J connectivity index is 1.72. The van der Waals surface area contributed by atoms with Crippen LogP contribution in [0.4, 0.5) is 11.4 Å². The molecule has 0 aliphatic heterocycles. The number of phenolic OH excluding ortho intramolecular Hbond substituents is 4. The van der Waals surface area contributed by atoms with E-state index in [4.69, 9.17) is 9.98 Å². The minimum absolute atomic E-state index is 0.0510. The lowest BCUT2D eigenvalue weighted by atomic mass is 10.0. The highest BCUT2D eigenvalue weighted by Crippen LogP contribution is 2.34. The number of hydrogen-bond acceptors (Lipinski definition) is 6. The number of para-hydroxylation sites is 2. The highest BCUT2D eigenvalue weighted by atomic mass is 16.3. The fourth-order valence-corrected chi connectivity index (χ4v) is 4.09. The summed E-state index contributed by atoms with van der Waals surface area (Å²) < 4.78 is 0. The number of aromatic hydroxyl groups is 4. The predicted molar refractivity (Wildman–Crippen MR) is 149 cm³/mol. The molecule has 0 spiro atoms. The van der Waals surface area contributed by atoms with Gasteiger partial charge in [0.25, 0.3) is 0 Å². The van der Waals surface area contributed by atoms with Crippen molar-refractivity contribution in [1.82, 2.24) is 0 Å². The van der Waals surface area contributed by atoms with Crippen molar-refractivity contribution >= 4 is 22.8 Å². The molecule has 0 saturated carbocycles. The van der Waals surface area contributed by atoms with Crippen molar-refractivity contribution in [2.75, 3.05) is 0 Å². The summed E-state index contributed by atoms with van der Waals surface area (Å²) >= 11 is 0. The molecule has 0 bridgehead atoms. The molecule has 5 rings (SSSR count). The zero-order valence-electron chi connectivity index (χ0n) is 20.2. The van der Waals surface area contributed by atoms with E-state index in [0.717, 1.165) is 11.1 Å². The van der Waals surface area contributed by atoms with Gasteiger partial charge in [0.1, 0.15) is 23.0 Å². The Bertz CT molecular complexity index is 1520. The fourth-order valence-electron chi connectivity index (χ4n) is 4.09. The van der Waals surface area contributed by atoms with E-state index < -0.39 is 0 Å². The first-order valence-corrected chi connectivity index (χ1v) is 11.9. The van der Waals surface area contributed by atoms with Crippen LogP contribution >= 0.6 is 0 Å². The van der Waals surface area contributed by atoms with Crippen LogP contribution in [0.5, 0.6) is 23.0 Å². The first-order valence-electron chi connectivity index (χ1n) is 11.9. The van der Waals surface area contributed by atoms with Gasteiger partial charge in [-0.05, 0) is 36.4 Å². The lowest BCUT2D eigenvalue weighted by Crippen LogP contribution is -2.04. The summed E-state index contributed by atoms with van der Waals surface area (Å²) in [6.45, 7) is 0. The molecule has 0 radical (unpaired) electrons. The van der Waals surface area contributed by atoms with Crippen LogP contribution in [0.15, 0.2) is 131 Å². The van der Waals surface area contributed by atoms with Crippen LogP contribution in [-0.4, -0.2) is 31.8 Å². The van der Waals surface area contributed by atoms with Gasteiger partial charge in [0.2, 0.25) is 0 Å². The summed E-state index contributed by atoms with van der Waals surface area (Å²) in [5.41, 5.74) is 4.51. The average Bonchev–Trinajstić information content (AvgIpc) is 2.93. The Hall–Kier alpha value is -5.36. The number of aliphatic imine (C=N–C) groups is 2. The maximum Gasteiger partial charge on any atom is 0.128 e. The standard InChI is InChI=1S/C32H24N2O4/c35-23-15-17-25(29(37)19-23)31(21-9-3-1-4-10-21)33-27-13-7-8-14-28(27)34-32(22-11-5-2-6-12-22)26-18-16-24(36)20-30(26)38/h1-20,35-38H. The van der Waals surface area contributed by atoms with E-state index in [9.17, 15) is 20.4 Å². The van der Waals surface area contributed by atoms with Gasteiger partial charge in [-0.3, -0.25) is 0 Å². The van der Waals surface area contributed by atoms with Gasteiger partial charge in [0.05, 0.1) is 22.8 Å². The largest absolute Gasteiger partial charge is 0.508 e. The second-order valence-electron chi connectivity index (χ2n) is 8.54. The Morgan fingerprint density at radius 2 is 0.789 bits per heavy atom. The van der Waals surface area contributed by atoms with Crippen molar-refractivity contribution < 1.29 is 20.4 Å². The fraction of sp³-hybridized carbons (Fsp3) is 0. The molecule has 38 heavy (non-hydrogen) atoms. The third kappa shape index (κ3) is 5.24. The van der Waals surface area contributed by atoms with Gasteiger partial charge in [-0.2, -0.15) is 0 Å². The second-order valence-corrected chi connectivity index (χ2v) is 8.54. The van der Waals surface area contributed by atoms with Gasteiger partial charge in [-0.1, -0.05) is 72.8 Å². The molecule has 0 atom stereocenters. The molecular weight excluding hydrogens is 476 g/mol. The highest BCUT2D eigenvalue weighted by molar-refractivity contribution is 6.17. The number of hydrogen-bond donors (Lipinski definition) is 4. The van der Waals surface area contributed by atoms with Crippen LogP contribution in [-0.2, 0) is 0 Å². The maximum atomic E-state index is 10.6. The Labute approximate surface area is 219 Å². The molecule has 6 heteroatoms. The van der Waals surface area contributed by atoms with Gasteiger partial charge in [-0.25, -0.2) is 9.98 Å². The van der Waals surface area contributed by atoms with Crippen molar-refractivity contribution in [3.63, 3.8) is 0 Å². The summed E-state index contributed by atoms with van der Waals surface area (Å²) in [7, 11) is 0. The molecule has 0 heterocycles. The molecule has 0 aliphatic rings. The van der Waals surface area contributed by atoms with Gasteiger partial charge < -0.3 is 20.4 Å². The Kier molecular flexibility index (Phi) is 6.87. The summed E-state index contributed by atoms with van der Waals surface area (Å²) in [5.74, 6) is -0.310. The van der Waals surface area contributed by atoms with Crippen molar-refractivity contribution in [1.29, 1.82) is 0 Å². The molecular formula is C32H24N2O4. The molecule has 6 nitrogen and oxygen atoms in total. The quantitative estimate of drug-likeness (QED) is 0.191. The lowest BCUT2D eigenvalue weighted by Gasteiger charge is -2.13. The molecule has 5 aromatic rings. The minimum Gasteiger partial charge on any atom is -0.508 e. The first-order chi connectivity index (χ1) is 18.5. The number of phenols is 4. The zero-order valence-corrected chi connectivity index (χ0v) is 20.2. The van der Waals surface area contributed by atoms with E-state index in [1.54, 1.807) is 12.1 Å². The lowest BCUT2D eigenvalue weighted by molar-refractivity contribution is 0.449. The molecule has 0 aromatic heterocycles. The average molecular weight is 501 g/mol. The van der Waals surface area contributed by atoms with E-state index in [1.165, 1.54) is 24.3 Å². The summed E-state index contributed by atoms with van der Waals surface area (Å²) in [6.07, 6.45) is 0. The monoisotopic (exact) mass is 500 g/mol. The number of nitrogens with zero attached hydrogens (tertiary/aromatic N) is 2. The van der Waals surface area contributed by atoms with Gasteiger partial charge in [-0.15, -0.1) is 0 Å². The third-order valence-corrected chi connectivity index (χ3v) is 5.91. The molecule has 4 N–H and O–H groups in total. The van der Waals surface area contributed by atoms with Crippen molar-refractivity contribution in [2.24, 2.45) is 9.98 Å². The van der Waals surface area contributed by atoms with E-state index in [1.807, 2.05) is 84.9 Å². The SMILES string of the molecule is Oc1ccc(C(=Nc2ccccc2N=C(c2ccccc2)c2ccc(O)cc2O)c2ccccc2)c(O)c1. The smallest absolute Gasteiger partial charge is 0.128 e. The van der Waals surface area contributed by atoms with Crippen LogP contribution in [0.1, 0.15) is 22.3 Å². The number of rotatable bonds is 6. The van der Waals surface area contributed by atoms with Gasteiger partial charge >= 0.3 is 0 Å². The van der Waals surface area contributed by atoms with Crippen LogP contribution in [0.25, 0.3) is 0 Å². The van der Waals surface area contributed by atoms with Gasteiger partial charge in [0, 0.05) is 34.4 Å². The summed E-state index contributed by atoms with van der Waals surface area (Å²) in [6, 6.07) is 35.0. The molecule has 0 amide bonds. The van der Waals surface area contributed by atoms with Crippen LogP contribution in [0.3, 0.4) is 0 Å². The Morgan fingerprint density at radius 1 is 0.421 bits per heavy atom. The zero-order chi connectivity index (χ0) is 26.5. The van der Waals surface area contributed by atoms with Crippen molar-refractivity contribution in [3.05, 3.63) is 144 Å². The molecule has 0 unspecified atom stereocenters. The molecule has 0 saturated heterocycles. The van der Waals surface area contributed by atoms with E-state index in [0.29, 0.717) is 33.9 Å². The molecule has 5 aromatic carbocycles. The first kappa shape index (κ1) is 24.3. The van der Waals surface area contributed by atoms with Gasteiger partial charge in [0.15, 0.2) is 0 Å². The highest BCUT2D eigenvalue weighted by Gasteiger charge is 2.16. The van der Waals surface area contributed by atoms with Crippen molar-refractivity contribution in [2.45, 2.75) is 0 Å².